The van der Waals surface area contributed by atoms with E-state index in [1.807, 2.05) is 30.3 Å². The Morgan fingerprint density at radius 2 is 1.86 bits per heavy atom. The standard InChI is InChI=1S/C20H16F3N3OS/c1-19(2)17(27)26(18(25-19)28-12-13-6-4-3-5-7-13)15-9-8-14(11-24)16(10-15)20(21,22)23/h3-10H,12H2,1-2H3. The molecule has 0 aliphatic carbocycles. The Kier molecular flexibility index (Phi) is 5.22. The molecule has 0 unspecified atom stereocenters. The molecule has 0 saturated carbocycles. The average molecular weight is 403 g/mol. The summed E-state index contributed by atoms with van der Waals surface area (Å²) in [5.41, 5.74) is -1.59. The second-order valence-electron chi connectivity index (χ2n) is 6.71. The van der Waals surface area contributed by atoms with Gasteiger partial charge in [-0.3, -0.25) is 9.69 Å². The summed E-state index contributed by atoms with van der Waals surface area (Å²) in [4.78, 5) is 18.4. The number of benzene rings is 2. The minimum Gasteiger partial charge on any atom is -0.271 e. The van der Waals surface area contributed by atoms with Crippen molar-refractivity contribution < 1.29 is 18.0 Å². The third kappa shape index (κ3) is 3.90. The van der Waals surface area contributed by atoms with Gasteiger partial charge in [-0.25, -0.2) is 4.99 Å². The quantitative estimate of drug-likeness (QED) is 0.725. The summed E-state index contributed by atoms with van der Waals surface area (Å²) in [7, 11) is 0. The highest BCUT2D eigenvalue weighted by Crippen LogP contribution is 2.38. The number of hydrogen-bond donors (Lipinski definition) is 0. The van der Waals surface area contributed by atoms with Crippen LogP contribution in [0.1, 0.15) is 30.5 Å². The van der Waals surface area contributed by atoms with E-state index in [0.29, 0.717) is 10.9 Å². The number of halogens is 3. The molecule has 3 rings (SSSR count). The first-order valence-corrected chi connectivity index (χ1v) is 9.34. The lowest BCUT2D eigenvalue weighted by Gasteiger charge is -2.22. The second-order valence-corrected chi connectivity index (χ2v) is 7.65. The van der Waals surface area contributed by atoms with Gasteiger partial charge in [-0.2, -0.15) is 18.4 Å². The first kappa shape index (κ1) is 20.0. The Morgan fingerprint density at radius 1 is 1.18 bits per heavy atom. The fourth-order valence-corrected chi connectivity index (χ4v) is 3.85. The number of anilines is 1. The van der Waals surface area contributed by atoms with Crippen LogP contribution in [-0.2, 0) is 16.7 Å². The largest absolute Gasteiger partial charge is 0.417 e. The van der Waals surface area contributed by atoms with E-state index in [1.54, 1.807) is 19.9 Å². The number of amidine groups is 1. The van der Waals surface area contributed by atoms with Gasteiger partial charge in [0.25, 0.3) is 5.91 Å². The van der Waals surface area contributed by atoms with E-state index in [9.17, 15) is 18.0 Å². The third-order valence-electron chi connectivity index (χ3n) is 4.19. The van der Waals surface area contributed by atoms with Gasteiger partial charge in [0.2, 0.25) is 0 Å². The van der Waals surface area contributed by atoms with E-state index >= 15 is 0 Å². The topological polar surface area (TPSA) is 56.5 Å². The van der Waals surface area contributed by atoms with Crippen molar-refractivity contribution in [3.8, 4) is 6.07 Å². The number of aliphatic imine (C=N–C) groups is 1. The van der Waals surface area contributed by atoms with Crippen LogP contribution >= 0.6 is 11.8 Å². The van der Waals surface area contributed by atoms with Crippen LogP contribution in [0.3, 0.4) is 0 Å². The summed E-state index contributed by atoms with van der Waals surface area (Å²) in [6.07, 6.45) is -4.70. The molecule has 0 radical (unpaired) electrons. The summed E-state index contributed by atoms with van der Waals surface area (Å²) < 4.78 is 40.0. The van der Waals surface area contributed by atoms with Crippen LogP contribution in [0.25, 0.3) is 0 Å². The maximum atomic E-state index is 13.3. The number of hydrogen-bond acceptors (Lipinski definition) is 4. The van der Waals surface area contributed by atoms with Gasteiger partial charge in [0.15, 0.2) is 5.17 Å². The zero-order chi connectivity index (χ0) is 20.5. The van der Waals surface area contributed by atoms with E-state index in [0.717, 1.165) is 17.7 Å². The monoisotopic (exact) mass is 403 g/mol. The van der Waals surface area contributed by atoms with Crippen molar-refractivity contribution >= 4 is 28.5 Å². The number of carbonyl (C=O) groups is 1. The van der Waals surface area contributed by atoms with Crippen LogP contribution in [0.15, 0.2) is 53.5 Å². The summed E-state index contributed by atoms with van der Waals surface area (Å²) >= 11 is 1.28. The molecule has 1 heterocycles. The lowest BCUT2D eigenvalue weighted by Crippen LogP contribution is -2.38. The van der Waals surface area contributed by atoms with Crippen molar-refractivity contribution in [3.05, 3.63) is 65.2 Å². The van der Waals surface area contributed by atoms with E-state index in [-0.39, 0.29) is 5.69 Å². The van der Waals surface area contributed by atoms with Crippen molar-refractivity contribution in [1.29, 1.82) is 5.26 Å². The molecule has 0 fully saturated rings. The lowest BCUT2D eigenvalue weighted by atomic mass is 10.0. The molecule has 8 heteroatoms. The van der Waals surface area contributed by atoms with Gasteiger partial charge in [-0.05, 0) is 37.6 Å². The fraction of sp³-hybridized carbons (Fsp3) is 0.250. The Hall–Kier alpha value is -2.79. The van der Waals surface area contributed by atoms with Gasteiger partial charge in [0.1, 0.15) is 5.54 Å². The van der Waals surface area contributed by atoms with Crippen LogP contribution in [0.5, 0.6) is 0 Å². The van der Waals surface area contributed by atoms with Crippen molar-refractivity contribution in [2.75, 3.05) is 4.90 Å². The van der Waals surface area contributed by atoms with Crippen LogP contribution in [0.2, 0.25) is 0 Å². The zero-order valence-electron chi connectivity index (χ0n) is 15.1. The molecular formula is C20H16F3N3OS. The highest BCUT2D eigenvalue weighted by atomic mass is 32.2. The fourth-order valence-electron chi connectivity index (χ4n) is 2.75. The van der Waals surface area contributed by atoms with Crippen molar-refractivity contribution in [2.24, 2.45) is 4.99 Å². The van der Waals surface area contributed by atoms with Gasteiger partial charge >= 0.3 is 6.18 Å². The molecule has 4 nitrogen and oxygen atoms in total. The number of thioether (sulfide) groups is 1. The summed E-state index contributed by atoms with van der Waals surface area (Å²) in [6.45, 7) is 3.24. The molecular weight excluding hydrogens is 387 g/mol. The van der Waals surface area contributed by atoms with Crippen LogP contribution < -0.4 is 4.90 Å². The predicted molar refractivity (Wildman–Crippen MR) is 103 cm³/mol. The number of alkyl halides is 3. The molecule has 1 aliphatic rings. The van der Waals surface area contributed by atoms with Gasteiger partial charge < -0.3 is 0 Å². The van der Waals surface area contributed by atoms with Crippen molar-refractivity contribution in [3.63, 3.8) is 0 Å². The third-order valence-corrected chi connectivity index (χ3v) is 5.20. The second kappa shape index (κ2) is 7.32. The Bertz CT molecular complexity index is 978. The lowest BCUT2D eigenvalue weighted by molar-refractivity contribution is -0.137. The molecule has 2 aromatic rings. The number of carbonyl (C=O) groups excluding carboxylic acids is 1. The number of nitriles is 1. The predicted octanol–water partition coefficient (Wildman–Crippen LogP) is 4.99. The number of amides is 1. The van der Waals surface area contributed by atoms with Crippen LogP contribution in [-0.4, -0.2) is 16.6 Å². The molecule has 1 aliphatic heterocycles. The maximum Gasteiger partial charge on any atom is 0.417 e. The molecule has 0 saturated heterocycles. The first-order valence-electron chi connectivity index (χ1n) is 8.36. The molecule has 1 amide bonds. The first-order chi connectivity index (χ1) is 13.1. The highest BCUT2D eigenvalue weighted by Gasteiger charge is 2.43. The smallest absolute Gasteiger partial charge is 0.271 e. The van der Waals surface area contributed by atoms with Crippen LogP contribution in [0.4, 0.5) is 18.9 Å². The Morgan fingerprint density at radius 3 is 2.46 bits per heavy atom. The normalized spacial score (nSPS) is 16.1. The highest BCUT2D eigenvalue weighted by molar-refractivity contribution is 8.13. The van der Waals surface area contributed by atoms with Gasteiger partial charge in [-0.1, -0.05) is 42.1 Å². The van der Waals surface area contributed by atoms with Crippen molar-refractivity contribution in [2.45, 2.75) is 31.3 Å². The summed E-state index contributed by atoms with van der Waals surface area (Å²) in [5, 5.41) is 9.31. The van der Waals surface area contributed by atoms with E-state index in [4.69, 9.17) is 5.26 Å². The van der Waals surface area contributed by atoms with E-state index in [2.05, 4.69) is 4.99 Å². The number of nitrogens with zero attached hydrogens (tertiary/aromatic N) is 3. The molecule has 0 bridgehead atoms. The average Bonchev–Trinajstić information content (AvgIpc) is 2.88. The van der Waals surface area contributed by atoms with Gasteiger partial charge in [-0.15, -0.1) is 0 Å². The molecule has 2 aromatic carbocycles. The van der Waals surface area contributed by atoms with Gasteiger partial charge in [0.05, 0.1) is 22.9 Å². The molecule has 0 aromatic heterocycles. The van der Waals surface area contributed by atoms with Crippen molar-refractivity contribution in [1.82, 2.24) is 0 Å². The summed E-state index contributed by atoms with van der Waals surface area (Å²) in [5.74, 6) is 0.1000. The van der Waals surface area contributed by atoms with Crippen LogP contribution in [0, 0.1) is 11.3 Å². The molecule has 28 heavy (non-hydrogen) atoms. The minimum absolute atomic E-state index is 0.0428. The Labute approximate surface area is 164 Å². The zero-order valence-corrected chi connectivity index (χ0v) is 15.9. The molecule has 0 atom stereocenters. The van der Waals surface area contributed by atoms with Gasteiger partial charge in [0, 0.05) is 5.75 Å². The minimum atomic E-state index is -4.70. The maximum absolute atomic E-state index is 13.3. The Balaban J connectivity index is 1.98. The van der Waals surface area contributed by atoms with E-state index < -0.39 is 28.7 Å². The number of rotatable bonds is 3. The van der Waals surface area contributed by atoms with E-state index in [1.165, 1.54) is 22.7 Å². The molecule has 0 spiro atoms. The molecule has 144 valence electrons. The summed E-state index contributed by atoms with van der Waals surface area (Å²) in [6, 6.07) is 14.3. The SMILES string of the molecule is CC1(C)N=C(SCc2ccccc2)N(c2ccc(C#N)c(C(F)(F)F)c2)C1=O. The molecule has 0 N–H and O–H groups in total.